The fourth-order valence-electron chi connectivity index (χ4n) is 2.08. The topological polar surface area (TPSA) is 41.1 Å². The van der Waals surface area contributed by atoms with Crippen LogP contribution in [0.1, 0.15) is 28.8 Å². The maximum Gasteiger partial charge on any atom is 0.251 e. The Morgan fingerprint density at radius 1 is 1.59 bits per heavy atom. The minimum absolute atomic E-state index is 0.0116. The smallest absolute Gasteiger partial charge is 0.251 e. The number of hydrogen-bond acceptors (Lipinski definition) is 2. The van der Waals surface area contributed by atoms with Gasteiger partial charge in [0.05, 0.1) is 0 Å². The molecule has 2 N–H and O–H groups in total. The number of benzene rings is 1. The summed E-state index contributed by atoms with van der Waals surface area (Å²) in [7, 11) is 0. The number of rotatable bonds is 3. The third-order valence-electron chi connectivity index (χ3n) is 3.12. The molecule has 0 radical (unpaired) electrons. The fourth-order valence-corrected chi connectivity index (χ4v) is 2.44. The lowest BCUT2D eigenvalue weighted by molar-refractivity contribution is 0.0949. The van der Waals surface area contributed by atoms with E-state index in [0.717, 1.165) is 28.6 Å². The van der Waals surface area contributed by atoms with E-state index in [1.165, 1.54) is 6.42 Å². The first-order valence-electron chi connectivity index (χ1n) is 5.94. The Bertz CT molecular complexity index is 414. The molecule has 0 saturated carbocycles. The zero-order chi connectivity index (χ0) is 12.3. The summed E-state index contributed by atoms with van der Waals surface area (Å²) in [6.07, 6.45) is 2.36. The number of hydrogen-bond donors (Lipinski definition) is 2. The average Bonchev–Trinajstić information content (AvgIpc) is 2.82. The van der Waals surface area contributed by atoms with Gasteiger partial charge in [-0.2, -0.15) is 0 Å². The van der Waals surface area contributed by atoms with E-state index in [0.29, 0.717) is 12.6 Å². The molecular weight excluding hydrogens is 280 g/mol. The zero-order valence-electron chi connectivity index (χ0n) is 9.92. The summed E-state index contributed by atoms with van der Waals surface area (Å²) < 4.78 is 0.937. The van der Waals surface area contributed by atoms with Crippen LogP contribution in [0.15, 0.2) is 22.7 Å². The summed E-state index contributed by atoms with van der Waals surface area (Å²) in [5, 5.41) is 6.35. The van der Waals surface area contributed by atoms with Gasteiger partial charge in [0.2, 0.25) is 0 Å². The van der Waals surface area contributed by atoms with Crippen LogP contribution in [0.5, 0.6) is 0 Å². The van der Waals surface area contributed by atoms with Crippen molar-refractivity contribution in [2.24, 2.45) is 0 Å². The predicted molar refractivity (Wildman–Crippen MR) is 72.2 cm³/mol. The van der Waals surface area contributed by atoms with Gasteiger partial charge in [0.1, 0.15) is 0 Å². The minimum Gasteiger partial charge on any atom is -0.350 e. The number of amides is 1. The molecule has 1 saturated heterocycles. The summed E-state index contributed by atoms with van der Waals surface area (Å²) in [5.74, 6) is 0.0116. The normalized spacial score (nSPS) is 19.3. The van der Waals surface area contributed by atoms with Crippen LogP contribution < -0.4 is 10.6 Å². The second kappa shape index (κ2) is 5.65. The molecule has 92 valence electrons. The zero-order valence-corrected chi connectivity index (χ0v) is 11.5. The molecule has 17 heavy (non-hydrogen) atoms. The summed E-state index contributed by atoms with van der Waals surface area (Å²) >= 11 is 3.39. The number of aryl methyl sites for hydroxylation is 1. The fraction of sp³-hybridized carbons (Fsp3) is 0.462. The second-order valence-corrected chi connectivity index (χ2v) is 5.38. The molecular formula is C13H17BrN2O. The Labute approximate surface area is 110 Å². The number of carbonyl (C=O) groups is 1. The van der Waals surface area contributed by atoms with Gasteiger partial charge < -0.3 is 10.6 Å². The molecule has 2 rings (SSSR count). The van der Waals surface area contributed by atoms with Gasteiger partial charge in [-0.3, -0.25) is 4.79 Å². The Balaban J connectivity index is 1.96. The molecule has 1 fully saturated rings. The van der Waals surface area contributed by atoms with Crippen molar-refractivity contribution >= 4 is 21.8 Å². The standard InChI is InChI=1S/C13H17BrN2O/c1-9-4-5-10(14)7-12(9)13(17)16-8-11-3-2-6-15-11/h4-5,7,11,15H,2-3,6,8H2,1H3,(H,16,17). The van der Waals surface area contributed by atoms with E-state index < -0.39 is 0 Å². The molecule has 1 heterocycles. The van der Waals surface area contributed by atoms with Gasteiger partial charge in [-0.25, -0.2) is 0 Å². The molecule has 4 heteroatoms. The van der Waals surface area contributed by atoms with Crippen LogP contribution in [0.25, 0.3) is 0 Å². The summed E-state index contributed by atoms with van der Waals surface area (Å²) in [6.45, 7) is 3.73. The third-order valence-corrected chi connectivity index (χ3v) is 3.61. The van der Waals surface area contributed by atoms with Crippen molar-refractivity contribution in [1.29, 1.82) is 0 Å². The van der Waals surface area contributed by atoms with Crippen LogP contribution in [0, 0.1) is 6.92 Å². The quantitative estimate of drug-likeness (QED) is 0.898. The molecule has 0 bridgehead atoms. The highest BCUT2D eigenvalue weighted by molar-refractivity contribution is 9.10. The first kappa shape index (κ1) is 12.6. The van der Waals surface area contributed by atoms with E-state index >= 15 is 0 Å². The van der Waals surface area contributed by atoms with Gasteiger partial charge in [-0.1, -0.05) is 22.0 Å². The number of carbonyl (C=O) groups excluding carboxylic acids is 1. The van der Waals surface area contributed by atoms with Gasteiger partial charge in [-0.05, 0) is 44.0 Å². The maximum atomic E-state index is 12.0. The molecule has 1 unspecified atom stereocenters. The van der Waals surface area contributed by atoms with Crippen molar-refractivity contribution < 1.29 is 4.79 Å². The number of halogens is 1. The third kappa shape index (κ3) is 3.30. The Morgan fingerprint density at radius 2 is 2.41 bits per heavy atom. The van der Waals surface area contributed by atoms with E-state index in [1.54, 1.807) is 0 Å². The van der Waals surface area contributed by atoms with Crippen LogP contribution in [0.3, 0.4) is 0 Å². The molecule has 1 amide bonds. The van der Waals surface area contributed by atoms with Crippen LogP contribution in [0.4, 0.5) is 0 Å². The Hall–Kier alpha value is -0.870. The van der Waals surface area contributed by atoms with E-state index in [1.807, 2.05) is 25.1 Å². The molecule has 1 atom stereocenters. The number of nitrogens with one attached hydrogen (secondary N) is 2. The van der Waals surface area contributed by atoms with Gasteiger partial charge in [0.15, 0.2) is 0 Å². The first-order chi connectivity index (χ1) is 8.16. The van der Waals surface area contributed by atoms with Crippen LogP contribution in [0.2, 0.25) is 0 Å². The monoisotopic (exact) mass is 296 g/mol. The SMILES string of the molecule is Cc1ccc(Br)cc1C(=O)NCC1CCCN1. The highest BCUT2D eigenvalue weighted by Gasteiger charge is 2.16. The molecule has 0 spiro atoms. The van der Waals surface area contributed by atoms with E-state index in [-0.39, 0.29) is 5.91 Å². The molecule has 1 aliphatic rings. The highest BCUT2D eigenvalue weighted by Crippen LogP contribution is 2.16. The van der Waals surface area contributed by atoms with Crippen molar-refractivity contribution in [3.05, 3.63) is 33.8 Å². The van der Waals surface area contributed by atoms with Gasteiger partial charge in [0, 0.05) is 22.6 Å². The largest absolute Gasteiger partial charge is 0.350 e. The molecule has 3 nitrogen and oxygen atoms in total. The molecule has 1 aromatic carbocycles. The second-order valence-electron chi connectivity index (χ2n) is 4.46. The lowest BCUT2D eigenvalue weighted by Gasteiger charge is -2.12. The van der Waals surface area contributed by atoms with Crippen molar-refractivity contribution in [2.75, 3.05) is 13.1 Å². The predicted octanol–water partition coefficient (Wildman–Crippen LogP) is 2.24. The average molecular weight is 297 g/mol. The maximum absolute atomic E-state index is 12.0. The molecule has 0 aromatic heterocycles. The van der Waals surface area contributed by atoms with Gasteiger partial charge in [0.25, 0.3) is 5.91 Å². The van der Waals surface area contributed by atoms with E-state index in [2.05, 4.69) is 26.6 Å². The van der Waals surface area contributed by atoms with Gasteiger partial charge in [-0.15, -0.1) is 0 Å². The minimum atomic E-state index is 0.0116. The summed E-state index contributed by atoms with van der Waals surface area (Å²) in [4.78, 5) is 12.0. The lowest BCUT2D eigenvalue weighted by atomic mass is 10.1. The molecule has 1 aliphatic heterocycles. The Kier molecular flexibility index (Phi) is 4.18. The molecule has 0 aliphatic carbocycles. The van der Waals surface area contributed by atoms with Crippen molar-refractivity contribution in [3.8, 4) is 0 Å². The summed E-state index contributed by atoms with van der Waals surface area (Å²) in [5.41, 5.74) is 1.75. The van der Waals surface area contributed by atoms with Crippen molar-refractivity contribution in [3.63, 3.8) is 0 Å². The first-order valence-corrected chi connectivity index (χ1v) is 6.74. The van der Waals surface area contributed by atoms with Crippen molar-refractivity contribution in [1.82, 2.24) is 10.6 Å². The van der Waals surface area contributed by atoms with Crippen molar-refractivity contribution in [2.45, 2.75) is 25.8 Å². The van der Waals surface area contributed by atoms with E-state index in [9.17, 15) is 4.79 Å². The van der Waals surface area contributed by atoms with Crippen LogP contribution in [-0.4, -0.2) is 25.0 Å². The van der Waals surface area contributed by atoms with Gasteiger partial charge >= 0.3 is 0 Å². The highest BCUT2D eigenvalue weighted by atomic mass is 79.9. The van der Waals surface area contributed by atoms with Crippen LogP contribution >= 0.6 is 15.9 Å². The Morgan fingerprint density at radius 3 is 3.12 bits per heavy atom. The summed E-state index contributed by atoms with van der Waals surface area (Å²) in [6, 6.07) is 6.20. The molecule has 1 aromatic rings. The van der Waals surface area contributed by atoms with E-state index in [4.69, 9.17) is 0 Å². The van der Waals surface area contributed by atoms with Crippen LogP contribution in [-0.2, 0) is 0 Å². The lowest BCUT2D eigenvalue weighted by Crippen LogP contribution is -2.37.